The number of alkyl halides is 2. The molecule has 1 amide bonds. The van der Waals surface area contributed by atoms with E-state index in [-0.39, 0.29) is 18.1 Å². The van der Waals surface area contributed by atoms with Crippen LogP contribution in [0.25, 0.3) is 0 Å². The maximum absolute atomic E-state index is 13.0. The maximum atomic E-state index is 13.0. The van der Waals surface area contributed by atoms with Gasteiger partial charge in [-0.25, -0.2) is 8.78 Å². The molecular formula is C8H13F2NOS. The van der Waals surface area contributed by atoms with Crippen molar-refractivity contribution in [1.29, 1.82) is 0 Å². The number of hydrogen-bond donors (Lipinski definition) is 1. The van der Waals surface area contributed by atoms with E-state index in [1.807, 2.05) is 0 Å². The lowest BCUT2D eigenvalue weighted by molar-refractivity contribution is -0.122. The average molecular weight is 209 g/mol. The SMILES string of the molecule is CSCC(=O)NC1CCCC1(F)F. The second kappa shape index (κ2) is 4.26. The van der Waals surface area contributed by atoms with Crippen molar-refractivity contribution in [2.75, 3.05) is 12.0 Å². The zero-order chi connectivity index (χ0) is 9.90. The van der Waals surface area contributed by atoms with E-state index in [9.17, 15) is 13.6 Å². The number of amides is 1. The number of thioether (sulfide) groups is 1. The molecule has 0 saturated heterocycles. The van der Waals surface area contributed by atoms with Crippen molar-refractivity contribution in [3.05, 3.63) is 0 Å². The van der Waals surface area contributed by atoms with Gasteiger partial charge in [0.15, 0.2) is 0 Å². The van der Waals surface area contributed by atoms with Crippen molar-refractivity contribution in [3.8, 4) is 0 Å². The van der Waals surface area contributed by atoms with Crippen LogP contribution in [0.2, 0.25) is 0 Å². The van der Waals surface area contributed by atoms with Gasteiger partial charge in [-0.1, -0.05) is 0 Å². The molecule has 1 unspecified atom stereocenters. The first-order valence-corrected chi connectivity index (χ1v) is 5.62. The number of nitrogens with one attached hydrogen (secondary N) is 1. The molecule has 0 bridgehead atoms. The summed E-state index contributed by atoms with van der Waals surface area (Å²) in [5.41, 5.74) is 0. The molecule has 1 rings (SSSR count). The third kappa shape index (κ3) is 2.83. The van der Waals surface area contributed by atoms with Crippen LogP contribution in [-0.4, -0.2) is 29.9 Å². The lowest BCUT2D eigenvalue weighted by Gasteiger charge is -2.19. The Balaban J connectivity index is 2.40. The van der Waals surface area contributed by atoms with E-state index in [1.54, 1.807) is 6.26 Å². The molecule has 1 N–H and O–H groups in total. The Morgan fingerprint density at radius 3 is 2.85 bits per heavy atom. The molecule has 76 valence electrons. The van der Waals surface area contributed by atoms with Gasteiger partial charge in [0.1, 0.15) is 0 Å². The van der Waals surface area contributed by atoms with Crippen LogP contribution in [0, 0.1) is 0 Å². The van der Waals surface area contributed by atoms with Gasteiger partial charge in [0.2, 0.25) is 5.91 Å². The molecule has 2 nitrogen and oxygen atoms in total. The third-order valence-electron chi connectivity index (χ3n) is 2.12. The summed E-state index contributed by atoms with van der Waals surface area (Å²) in [4.78, 5) is 11.0. The number of halogens is 2. The maximum Gasteiger partial charge on any atom is 0.267 e. The van der Waals surface area contributed by atoms with Gasteiger partial charge < -0.3 is 5.32 Å². The van der Waals surface area contributed by atoms with Crippen molar-refractivity contribution in [3.63, 3.8) is 0 Å². The molecular weight excluding hydrogens is 196 g/mol. The largest absolute Gasteiger partial charge is 0.347 e. The number of carbonyl (C=O) groups is 1. The van der Waals surface area contributed by atoms with Gasteiger partial charge >= 0.3 is 0 Å². The van der Waals surface area contributed by atoms with Gasteiger partial charge in [-0.05, 0) is 19.1 Å². The average Bonchev–Trinajstić information content (AvgIpc) is 2.31. The lowest BCUT2D eigenvalue weighted by atomic mass is 10.2. The predicted molar refractivity (Wildman–Crippen MR) is 49.1 cm³/mol. The Morgan fingerprint density at radius 2 is 2.38 bits per heavy atom. The zero-order valence-corrected chi connectivity index (χ0v) is 8.29. The minimum absolute atomic E-state index is 0.1000. The highest BCUT2D eigenvalue weighted by Gasteiger charge is 2.44. The summed E-state index contributed by atoms with van der Waals surface area (Å²) in [5, 5.41) is 2.36. The summed E-state index contributed by atoms with van der Waals surface area (Å²) in [5.74, 6) is -2.74. The molecule has 1 aliphatic carbocycles. The highest BCUT2D eigenvalue weighted by atomic mass is 32.2. The fourth-order valence-electron chi connectivity index (χ4n) is 1.47. The second-order valence-corrected chi connectivity index (χ2v) is 4.07. The van der Waals surface area contributed by atoms with Crippen molar-refractivity contribution in [2.45, 2.75) is 31.2 Å². The Morgan fingerprint density at radius 1 is 1.69 bits per heavy atom. The molecule has 0 radical (unpaired) electrons. The molecule has 0 aromatic rings. The van der Waals surface area contributed by atoms with E-state index in [0.29, 0.717) is 12.8 Å². The van der Waals surface area contributed by atoms with Crippen LogP contribution < -0.4 is 5.32 Å². The van der Waals surface area contributed by atoms with E-state index in [1.165, 1.54) is 11.8 Å². The van der Waals surface area contributed by atoms with Crippen LogP contribution in [-0.2, 0) is 4.79 Å². The van der Waals surface area contributed by atoms with Crippen LogP contribution in [0.5, 0.6) is 0 Å². The van der Waals surface area contributed by atoms with Crippen LogP contribution in [0.4, 0.5) is 8.78 Å². The highest BCUT2D eigenvalue weighted by molar-refractivity contribution is 7.99. The third-order valence-corrected chi connectivity index (χ3v) is 2.67. The first-order chi connectivity index (χ1) is 6.06. The van der Waals surface area contributed by atoms with E-state index in [0.717, 1.165) is 0 Å². The van der Waals surface area contributed by atoms with Gasteiger partial charge in [0.25, 0.3) is 5.92 Å². The Labute approximate surface area is 80.5 Å². The van der Waals surface area contributed by atoms with Crippen molar-refractivity contribution in [2.24, 2.45) is 0 Å². The minimum atomic E-state index is -2.70. The fraction of sp³-hybridized carbons (Fsp3) is 0.875. The van der Waals surface area contributed by atoms with E-state index in [2.05, 4.69) is 5.32 Å². The molecule has 0 aromatic heterocycles. The molecule has 0 spiro atoms. The second-order valence-electron chi connectivity index (χ2n) is 3.21. The Hall–Kier alpha value is -0.320. The Kier molecular flexibility index (Phi) is 3.53. The van der Waals surface area contributed by atoms with Gasteiger partial charge in [-0.15, -0.1) is 0 Å². The summed E-state index contributed by atoms with van der Waals surface area (Å²) in [6, 6.07) is -0.938. The summed E-state index contributed by atoms with van der Waals surface area (Å²) in [6.45, 7) is 0. The molecule has 0 aliphatic heterocycles. The molecule has 1 saturated carbocycles. The monoisotopic (exact) mass is 209 g/mol. The quantitative estimate of drug-likeness (QED) is 0.765. The van der Waals surface area contributed by atoms with Gasteiger partial charge in [0.05, 0.1) is 11.8 Å². The summed E-state index contributed by atoms with van der Waals surface area (Å²) in [7, 11) is 0. The standard InChI is InChI=1S/C8H13F2NOS/c1-13-5-7(12)11-6-3-2-4-8(6,9)10/h6H,2-5H2,1H3,(H,11,12). The molecule has 13 heavy (non-hydrogen) atoms. The first-order valence-electron chi connectivity index (χ1n) is 4.22. The normalized spacial score (nSPS) is 25.9. The van der Waals surface area contributed by atoms with Gasteiger partial charge in [0, 0.05) is 6.42 Å². The van der Waals surface area contributed by atoms with Crippen LogP contribution in [0.1, 0.15) is 19.3 Å². The van der Waals surface area contributed by atoms with Crippen molar-refractivity contribution < 1.29 is 13.6 Å². The highest BCUT2D eigenvalue weighted by Crippen LogP contribution is 2.34. The minimum Gasteiger partial charge on any atom is -0.347 e. The van der Waals surface area contributed by atoms with Gasteiger partial charge in [-0.2, -0.15) is 11.8 Å². The van der Waals surface area contributed by atoms with Crippen LogP contribution in [0.3, 0.4) is 0 Å². The molecule has 1 aliphatic rings. The van der Waals surface area contributed by atoms with E-state index in [4.69, 9.17) is 0 Å². The Bertz CT molecular complexity index is 199. The summed E-state index contributed by atoms with van der Waals surface area (Å²) < 4.78 is 26.0. The predicted octanol–water partition coefficient (Wildman–Crippen LogP) is 1.65. The molecule has 0 aromatic carbocycles. The number of carbonyl (C=O) groups excluding carboxylic acids is 1. The first kappa shape index (κ1) is 10.8. The smallest absolute Gasteiger partial charge is 0.267 e. The zero-order valence-electron chi connectivity index (χ0n) is 7.48. The van der Waals surface area contributed by atoms with E-state index >= 15 is 0 Å². The fourth-order valence-corrected chi connectivity index (χ4v) is 1.82. The van der Waals surface area contributed by atoms with Gasteiger partial charge in [-0.3, -0.25) is 4.79 Å². The van der Waals surface area contributed by atoms with Crippen molar-refractivity contribution >= 4 is 17.7 Å². The molecule has 1 atom stereocenters. The van der Waals surface area contributed by atoms with Crippen LogP contribution >= 0.6 is 11.8 Å². The van der Waals surface area contributed by atoms with Crippen LogP contribution in [0.15, 0.2) is 0 Å². The number of hydrogen-bond acceptors (Lipinski definition) is 2. The van der Waals surface area contributed by atoms with Crippen molar-refractivity contribution in [1.82, 2.24) is 5.32 Å². The molecule has 1 fully saturated rings. The molecule has 0 heterocycles. The summed E-state index contributed by atoms with van der Waals surface area (Å²) >= 11 is 1.34. The lowest BCUT2D eigenvalue weighted by Crippen LogP contribution is -2.44. The molecule has 5 heteroatoms. The topological polar surface area (TPSA) is 29.1 Å². The number of rotatable bonds is 3. The summed E-state index contributed by atoms with van der Waals surface area (Å²) in [6.07, 6.45) is 2.56. The van der Waals surface area contributed by atoms with E-state index < -0.39 is 12.0 Å².